The van der Waals surface area contributed by atoms with E-state index in [2.05, 4.69) is 25.9 Å². The first-order valence-electron chi connectivity index (χ1n) is 11.5. The minimum absolute atomic E-state index is 0.0301. The van der Waals surface area contributed by atoms with Crippen LogP contribution in [0.25, 0.3) is 11.3 Å². The molecule has 1 aromatic heterocycles. The molecule has 2 heterocycles. The van der Waals surface area contributed by atoms with Crippen LogP contribution in [0.5, 0.6) is 0 Å². The Balaban J connectivity index is 1.46. The molecule has 3 aromatic rings. The molecule has 1 atom stereocenters. The van der Waals surface area contributed by atoms with E-state index in [0.29, 0.717) is 23.9 Å². The number of alkyl halides is 3. The smallest absolute Gasteiger partial charge is 0.382 e. The van der Waals surface area contributed by atoms with E-state index in [4.69, 9.17) is 5.73 Å². The second kappa shape index (κ2) is 10.9. The number of hydrogen-bond acceptors (Lipinski definition) is 6. The van der Waals surface area contributed by atoms with Crippen molar-refractivity contribution in [2.75, 3.05) is 18.8 Å². The molecule has 0 radical (unpaired) electrons. The van der Waals surface area contributed by atoms with Crippen LogP contribution in [-0.4, -0.2) is 40.9 Å². The van der Waals surface area contributed by atoms with E-state index in [9.17, 15) is 27.2 Å². The standard InChI is InChI=1S/C25H24F4N6O2/c26-19-10-17(25(27,28)29)7-6-16(19)11-33-23(36)15-4-1-3-14(9-15)20-13-32-22(30)21(35-20)24(37)34-18-5-2-8-31-12-18/h1,3-4,6-7,9-10,13,18,31H,2,5,8,11-12H2,(H2,30,32)(H,33,36)(H,34,37). The molecule has 37 heavy (non-hydrogen) atoms. The fourth-order valence-corrected chi connectivity index (χ4v) is 3.90. The van der Waals surface area contributed by atoms with Gasteiger partial charge in [-0.3, -0.25) is 9.59 Å². The second-order valence-electron chi connectivity index (χ2n) is 8.57. The van der Waals surface area contributed by atoms with Gasteiger partial charge in [0.25, 0.3) is 11.8 Å². The first-order chi connectivity index (χ1) is 17.6. The number of carbonyl (C=O) groups is 2. The molecular weight excluding hydrogens is 492 g/mol. The topological polar surface area (TPSA) is 122 Å². The van der Waals surface area contributed by atoms with Crippen molar-refractivity contribution in [3.63, 3.8) is 0 Å². The van der Waals surface area contributed by atoms with Crippen LogP contribution < -0.4 is 21.7 Å². The van der Waals surface area contributed by atoms with E-state index in [1.165, 1.54) is 18.3 Å². The van der Waals surface area contributed by atoms with Crippen LogP contribution in [0, 0.1) is 5.82 Å². The first kappa shape index (κ1) is 26.0. The van der Waals surface area contributed by atoms with Gasteiger partial charge in [-0.05, 0) is 43.7 Å². The quantitative estimate of drug-likeness (QED) is 0.373. The maximum atomic E-state index is 14.1. The molecule has 1 fully saturated rings. The number of carbonyl (C=O) groups excluding carboxylic acids is 2. The summed E-state index contributed by atoms with van der Waals surface area (Å²) in [6.07, 6.45) is -1.52. The van der Waals surface area contributed by atoms with Gasteiger partial charge in [0.1, 0.15) is 5.82 Å². The average Bonchev–Trinajstić information content (AvgIpc) is 2.88. The van der Waals surface area contributed by atoms with Gasteiger partial charge in [0.05, 0.1) is 17.5 Å². The van der Waals surface area contributed by atoms with Gasteiger partial charge >= 0.3 is 6.18 Å². The highest BCUT2D eigenvalue weighted by Gasteiger charge is 2.31. The van der Waals surface area contributed by atoms with Gasteiger partial charge in [0, 0.05) is 35.8 Å². The van der Waals surface area contributed by atoms with Crippen LogP contribution in [0.4, 0.5) is 23.4 Å². The molecule has 5 N–H and O–H groups in total. The number of halogens is 4. The maximum absolute atomic E-state index is 14.1. The van der Waals surface area contributed by atoms with Crippen LogP contribution in [-0.2, 0) is 12.7 Å². The van der Waals surface area contributed by atoms with E-state index in [0.717, 1.165) is 31.5 Å². The summed E-state index contributed by atoms with van der Waals surface area (Å²) in [5.41, 5.74) is 5.64. The first-order valence-corrected chi connectivity index (χ1v) is 11.5. The lowest BCUT2D eigenvalue weighted by Gasteiger charge is -2.23. The lowest BCUT2D eigenvalue weighted by molar-refractivity contribution is -0.137. The number of nitrogen functional groups attached to an aromatic ring is 1. The van der Waals surface area contributed by atoms with Gasteiger partial charge in [0.2, 0.25) is 0 Å². The summed E-state index contributed by atoms with van der Waals surface area (Å²) in [6.45, 7) is 1.23. The minimum Gasteiger partial charge on any atom is -0.382 e. The Morgan fingerprint density at radius 2 is 1.95 bits per heavy atom. The Bertz CT molecular complexity index is 1310. The number of amides is 2. The zero-order valence-corrected chi connectivity index (χ0v) is 19.5. The van der Waals surface area contributed by atoms with Crippen LogP contribution in [0.3, 0.4) is 0 Å². The lowest BCUT2D eigenvalue weighted by Crippen LogP contribution is -2.46. The molecule has 12 heteroatoms. The van der Waals surface area contributed by atoms with E-state index < -0.39 is 29.4 Å². The average molecular weight is 516 g/mol. The van der Waals surface area contributed by atoms with Crippen LogP contribution in [0.15, 0.2) is 48.7 Å². The number of nitrogens with zero attached hydrogens (tertiary/aromatic N) is 2. The van der Waals surface area contributed by atoms with Crippen molar-refractivity contribution >= 4 is 17.6 Å². The molecule has 2 aromatic carbocycles. The Morgan fingerprint density at radius 3 is 2.65 bits per heavy atom. The largest absolute Gasteiger partial charge is 0.416 e. The maximum Gasteiger partial charge on any atom is 0.416 e. The molecule has 194 valence electrons. The number of piperidine rings is 1. The number of aromatic nitrogens is 2. The van der Waals surface area contributed by atoms with E-state index in [1.54, 1.807) is 12.1 Å². The summed E-state index contributed by atoms with van der Waals surface area (Å²) < 4.78 is 52.3. The molecule has 2 amide bonds. The molecule has 1 aliphatic rings. The third kappa shape index (κ3) is 6.39. The highest BCUT2D eigenvalue weighted by Crippen LogP contribution is 2.30. The van der Waals surface area contributed by atoms with Gasteiger partial charge in [-0.2, -0.15) is 13.2 Å². The van der Waals surface area contributed by atoms with Crippen LogP contribution >= 0.6 is 0 Å². The van der Waals surface area contributed by atoms with E-state index >= 15 is 0 Å². The van der Waals surface area contributed by atoms with Gasteiger partial charge in [-0.1, -0.05) is 18.2 Å². The minimum atomic E-state index is -4.67. The summed E-state index contributed by atoms with van der Waals surface area (Å²) in [6, 6.07) is 8.35. The number of hydrogen-bond donors (Lipinski definition) is 4. The molecule has 0 spiro atoms. The van der Waals surface area contributed by atoms with Crippen molar-refractivity contribution < 1.29 is 27.2 Å². The summed E-state index contributed by atoms with van der Waals surface area (Å²) in [7, 11) is 0. The summed E-state index contributed by atoms with van der Waals surface area (Å²) in [5.74, 6) is -2.13. The van der Waals surface area contributed by atoms with Gasteiger partial charge in [-0.15, -0.1) is 0 Å². The second-order valence-corrected chi connectivity index (χ2v) is 8.57. The van der Waals surface area contributed by atoms with Gasteiger partial charge in [-0.25, -0.2) is 14.4 Å². The third-order valence-corrected chi connectivity index (χ3v) is 5.89. The Labute approximate surface area is 209 Å². The van der Waals surface area contributed by atoms with Crippen molar-refractivity contribution in [2.45, 2.75) is 31.6 Å². The highest BCUT2D eigenvalue weighted by atomic mass is 19.4. The Hall–Kier alpha value is -4.06. The van der Waals surface area contributed by atoms with Gasteiger partial charge < -0.3 is 21.7 Å². The van der Waals surface area contributed by atoms with Crippen molar-refractivity contribution in [3.8, 4) is 11.3 Å². The molecule has 1 unspecified atom stereocenters. The molecule has 1 saturated heterocycles. The monoisotopic (exact) mass is 516 g/mol. The van der Waals surface area contributed by atoms with E-state index in [-0.39, 0.29) is 35.2 Å². The van der Waals surface area contributed by atoms with Crippen molar-refractivity contribution in [1.29, 1.82) is 0 Å². The lowest BCUT2D eigenvalue weighted by atomic mass is 10.1. The Kier molecular flexibility index (Phi) is 7.67. The number of benzene rings is 2. The zero-order valence-electron chi connectivity index (χ0n) is 19.5. The summed E-state index contributed by atoms with van der Waals surface area (Å²) >= 11 is 0. The fourth-order valence-electron chi connectivity index (χ4n) is 3.90. The number of nitrogens with one attached hydrogen (secondary N) is 3. The van der Waals surface area contributed by atoms with Gasteiger partial charge in [0.15, 0.2) is 11.5 Å². The summed E-state index contributed by atoms with van der Waals surface area (Å²) in [4.78, 5) is 33.8. The zero-order chi connectivity index (χ0) is 26.6. The number of rotatable bonds is 6. The predicted octanol–water partition coefficient (Wildman–Crippen LogP) is 3.30. The number of anilines is 1. The normalized spacial score (nSPS) is 15.7. The van der Waals surface area contributed by atoms with E-state index in [1.807, 2.05) is 0 Å². The highest BCUT2D eigenvalue weighted by molar-refractivity contribution is 5.97. The van der Waals surface area contributed by atoms with Crippen molar-refractivity contribution in [2.24, 2.45) is 0 Å². The van der Waals surface area contributed by atoms with Crippen molar-refractivity contribution in [1.82, 2.24) is 25.9 Å². The molecule has 8 nitrogen and oxygen atoms in total. The third-order valence-electron chi connectivity index (χ3n) is 5.89. The molecule has 1 aliphatic heterocycles. The molecular formula is C25H24F4N6O2. The summed E-state index contributed by atoms with van der Waals surface area (Å²) in [5, 5.41) is 8.59. The fraction of sp³-hybridized carbons (Fsp3) is 0.280. The SMILES string of the molecule is Nc1ncc(-c2cccc(C(=O)NCc3ccc(C(F)(F)F)cc3F)c2)nc1C(=O)NC1CCCNC1. The van der Waals surface area contributed by atoms with Crippen molar-refractivity contribution in [3.05, 3.63) is 76.9 Å². The predicted molar refractivity (Wildman–Crippen MR) is 128 cm³/mol. The molecule has 4 rings (SSSR count). The number of nitrogens with two attached hydrogens (primary N) is 1. The molecule has 0 aliphatic carbocycles. The Morgan fingerprint density at radius 1 is 1.14 bits per heavy atom. The molecule has 0 saturated carbocycles. The van der Waals surface area contributed by atoms with Crippen LogP contribution in [0.2, 0.25) is 0 Å². The molecule has 0 bridgehead atoms. The van der Waals surface area contributed by atoms with Crippen LogP contribution in [0.1, 0.15) is 44.8 Å².